The number of aromatic amines is 1. The van der Waals surface area contributed by atoms with E-state index in [0.717, 1.165) is 5.56 Å². The molecule has 7 heteroatoms. The lowest BCUT2D eigenvalue weighted by Gasteiger charge is -2.06. The Morgan fingerprint density at radius 1 is 1.07 bits per heavy atom. The maximum absolute atomic E-state index is 12.6. The Kier molecular flexibility index (Phi) is 4.55. The van der Waals surface area contributed by atoms with Crippen LogP contribution in [0.15, 0.2) is 53.4 Å². The first-order chi connectivity index (χ1) is 13.8. The molecule has 2 heterocycles. The van der Waals surface area contributed by atoms with Gasteiger partial charge in [-0.05, 0) is 36.8 Å². The monoisotopic (exact) mass is 408 g/mol. The number of sulfone groups is 1. The van der Waals surface area contributed by atoms with E-state index >= 15 is 0 Å². The first-order valence-corrected chi connectivity index (χ1v) is 10.9. The Hall–Kier alpha value is -3.32. The summed E-state index contributed by atoms with van der Waals surface area (Å²) in [5.74, 6) is 0.384. The van der Waals surface area contributed by atoms with Crippen LogP contribution in [0.2, 0.25) is 0 Å². The molecule has 0 aliphatic carbocycles. The number of anilines is 1. The molecular weight excluding hydrogens is 388 g/mol. The number of rotatable bonds is 4. The quantitative estimate of drug-likeness (QED) is 0.641. The van der Waals surface area contributed by atoms with Crippen LogP contribution in [0.25, 0.3) is 22.8 Å². The van der Waals surface area contributed by atoms with Gasteiger partial charge < -0.3 is 15.0 Å². The number of carbonyl (C=O) groups is 1. The number of methoxy groups -OCH3 is 1. The second kappa shape index (κ2) is 6.93. The zero-order valence-corrected chi connectivity index (χ0v) is 17.1. The van der Waals surface area contributed by atoms with Gasteiger partial charge in [0.15, 0.2) is 9.84 Å². The number of fused-ring (bicyclic) bond motifs is 1. The predicted molar refractivity (Wildman–Crippen MR) is 114 cm³/mol. The molecule has 0 fully saturated rings. The average Bonchev–Trinajstić information content (AvgIpc) is 3.18. The van der Waals surface area contributed by atoms with Crippen LogP contribution in [0.5, 0.6) is 5.75 Å². The molecule has 0 spiro atoms. The van der Waals surface area contributed by atoms with E-state index in [1.807, 2.05) is 30.3 Å². The number of benzene rings is 2. The number of amides is 1. The van der Waals surface area contributed by atoms with Crippen molar-refractivity contribution in [1.82, 2.24) is 4.98 Å². The van der Waals surface area contributed by atoms with Crippen LogP contribution >= 0.6 is 0 Å². The second-order valence-electron chi connectivity index (χ2n) is 6.93. The highest BCUT2D eigenvalue weighted by molar-refractivity contribution is 7.91. The van der Waals surface area contributed by atoms with Crippen LogP contribution in [0.3, 0.4) is 0 Å². The van der Waals surface area contributed by atoms with Crippen molar-refractivity contribution in [3.05, 3.63) is 65.5 Å². The first kappa shape index (κ1) is 19.0. The van der Waals surface area contributed by atoms with E-state index in [9.17, 15) is 13.2 Å². The molecule has 0 bridgehead atoms. The van der Waals surface area contributed by atoms with Gasteiger partial charge in [-0.25, -0.2) is 8.42 Å². The summed E-state index contributed by atoms with van der Waals surface area (Å²) in [6.45, 7) is 1.72. The minimum atomic E-state index is -3.49. The lowest BCUT2D eigenvalue weighted by atomic mass is 10.0. The van der Waals surface area contributed by atoms with E-state index < -0.39 is 9.84 Å². The predicted octanol–water partition coefficient (Wildman–Crippen LogP) is 3.89. The van der Waals surface area contributed by atoms with E-state index in [1.165, 1.54) is 6.26 Å². The fourth-order valence-corrected chi connectivity index (χ4v) is 4.88. The van der Waals surface area contributed by atoms with Crippen molar-refractivity contribution in [3.8, 4) is 16.9 Å². The standard InChI is InChI=1S/C22H20N2O4S/c1-13-21(29(3,26)27)20(14-7-5-4-6-8-14)19(23-13)12-17-16-11-15(28-2)9-10-18(16)24-22(17)25/h4-12,23H,1-3H3,(H,24,25)/b17-12-. The number of carbonyl (C=O) groups excluding carboxylic acids is 1. The van der Waals surface area contributed by atoms with Gasteiger partial charge >= 0.3 is 0 Å². The smallest absolute Gasteiger partial charge is 0.256 e. The third-order valence-electron chi connectivity index (χ3n) is 4.89. The first-order valence-electron chi connectivity index (χ1n) is 8.99. The number of hydrogen-bond donors (Lipinski definition) is 2. The summed E-state index contributed by atoms with van der Waals surface area (Å²) >= 11 is 0. The van der Waals surface area contributed by atoms with Gasteiger partial charge in [-0.2, -0.15) is 0 Å². The maximum Gasteiger partial charge on any atom is 0.256 e. The molecule has 6 nitrogen and oxygen atoms in total. The largest absolute Gasteiger partial charge is 0.497 e. The van der Waals surface area contributed by atoms with Crippen molar-refractivity contribution < 1.29 is 17.9 Å². The molecule has 1 aromatic heterocycles. The van der Waals surface area contributed by atoms with E-state index in [-0.39, 0.29) is 10.8 Å². The second-order valence-corrected chi connectivity index (χ2v) is 8.88. The van der Waals surface area contributed by atoms with Gasteiger partial charge in [0.05, 0.1) is 17.6 Å². The molecule has 148 valence electrons. The molecule has 0 unspecified atom stereocenters. The third kappa shape index (κ3) is 3.34. The summed E-state index contributed by atoms with van der Waals surface area (Å²) < 4.78 is 30.3. The van der Waals surface area contributed by atoms with E-state index in [1.54, 1.807) is 38.3 Å². The van der Waals surface area contributed by atoms with Gasteiger partial charge in [0.2, 0.25) is 0 Å². The Bertz CT molecular complexity index is 1260. The summed E-state index contributed by atoms with van der Waals surface area (Å²) in [5.41, 5.74) is 4.25. The minimum absolute atomic E-state index is 0.236. The number of nitrogens with one attached hydrogen (secondary N) is 2. The van der Waals surface area contributed by atoms with Crippen molar-refractivity contribution >= 4 is 33.1 Å². The number of hydrogen-bond acceptors (Lipinski definition) is 4. The van der Waals surface area contributed by atoms with Crippen LogP contribution in [-0.4, -0.2) is 32.7 Å². The van der Waals surface area contributed by atoms with Crippen LogP contribution in [0.1, 0.15) is 17.0 Å². The van der Waals surface area contributed by atoms with Crippen LogP contribution in [-0.2, 0) is 14.6 Å². The highest BCUT2D eigenvalue weighted by Crippen LogP contribution is 2.39. The minimum Gasteiger partial charge on any atom is -0.497 e. The molecule has 29 heavy (non-hydrogen) atoms. The molecule has 1 amide bonds. The summed E-state index contributed by atoms with van der Waals surface area (Å²) in [7, 11) is -1.93. The topological polar surface area (TPSA) is 88.3 Å². The van der Waals surface area contributed by atoms with Crippen molar-refractivity contribution in [3.63, 3.8) is 0 Å². The molecule has 2 aromatic carbocycles. The fraction of sp³-hybridized carbons (Fsp3) is 0.136. The Morgan fingerprint density at radius 2 is 1.79 bits per heavy atom. The van der Waals surface area contributed by atoms with Crippen LogP contribution in [0, 0.1) is 6.92 Å². The molecule has 0 atom stereocenters. The van der Waals surface area contributed by atoms with Gasteiger partial charge in [-0.1, -0.05) is 30.3 Å². The van der Waals surface area contributed by atoms with Crippen molar-refractivity contribution in [2.45, 2.75) is 11.8 Å². The Balaban J connectivity index is 1.98. The Morgan fingerprint density at radius 3 is 2.45 bits per heavy atom. The van der Waals surface area contributed by atoms with Gasteiger partial charge in [0, 0.05) is 34.5 Å². The molecule has 1 aliphatic rings. The molecular formula is C22H20N2O4S. The summed E-state index contributed by atoms with van der Waals surface area (Å²) in [6, 6.07) is 14.6. The molecule has 0 saturated carbocycles. The highest BCUT2D eigenvalue weighted by Gasteiger charge is 2.28. The lowest BCUT2D eigenvalue weighted by molar-refractivity contribution is -0.110. The third-order valence-corrected chi connectivity index (χ3v) is 6.14. The fourth-order valence-electron chi connectivity index (χ4n) is 3.68. The molecule has 4 rings (SSSR count). The summed E-state index contributed by atoms with van der Waals surface area (Å²) in [4.78, 5) is 16.0. The average molecular weight is 408 g/mol. The molecule has 2 N–H and O–H groups in total. The van der Waals surface area contributed by atoms with Gasteiger partial charge in [-0.3, -0.25) is 4.79 Å². The SMILES string of the molecule is COc1ccc2c(c1)/C(=C/c1[nH]c(C)c(S(C)(=O)=O)c1-c1ccccc1)C(=O)N2. The molecule has 0 radical (unpaired) electrons. The van der Waals surface area contributed by atoms with Crippen molar-refractivity contribution in [1.29, 1.82) is 0 Å². The van der Waals surface area contributed by atoms with Crippen molar-refractivity contribution in [2.24, 2.45) is 0 Å². The number of H-pyrrole nitrogens is 1. The lowest BCUT2D eigenvalue weighted by Crippen LogP contribution is -2.03. The van der Waals surface area contributed by atoms with E-state index in [2.05, 4.69) is 10.3 Å². The van der Waals surface area contributed by atoms with Gasteiger partial charge in [0.25, 0.3) is 5.91 Å². The highest BCUT2D eigenvalue weighted by atomic mass is 32.2. The molecule has 0 saturated heterocycles. The number of aryl methyl sites for hydroxylation is 1. The number of ether oxygens (including phenoxy) is 1. The van der Waals surface area contributed by atoms with Gasteiger partial charge in [0.1, 0.15) is 5.75 Å². The molecule has 3 aromatic rings. The Labute approximate surface area is 169 Å². The zero-order valence-electron chi connectivity index (χ0n) is 16.2. The summed E-state index contributed by atoms with van der Waals surface area (Å²) in [6.07, 6.45) is 2.89. The normalized spacial score (nSPS) is 14.7. The maximum atomic E-state index is 12.6. The number of aromatic nitrogens is 1. The van der Waals surface area contributed by atoms with Crippen molar-refractivity contribution in [2.75, 3.05) is 18.7 Å². The zero-order chi connectivity index (χ0) is 20.8. The summed E-state index contributed by atoms with van der Waals surface area (Å²) in [5, 5.41) is 2.84. The van der Waals surface area contributed by atoms with E-state index in [4.69, 9.17) is 4.74 Å². The van der Waals surface area contributed by atoms with Crippen LogP contribution < -0.4 is 10.1 Å². The van der Waals surface area contributed by atoms with Gasteiger partial charge in [-0.15, -0.1) is 0 Å². The van der Waals surface area contributed by atoms with Crippen LogP contribution in [0.4, 0.5) is 5.69 Å². The van der Waals surface area contributed by atoms with E-state index in [0.29, 0.717) is 39.5 Å². The molecule has 1 aliphatic heterocycles.